The SMILES string of the molecule is CCSC1CCC(NCC2(O)CCC(C(=O)O)CC2)C1. The van der Waals surface area contributed by atoms with E-state index < -0.39 is 11.6 Å². The van der Waals surface area contributed by atoms with Gasteiger partial charge in [0.05, 0.1) is 11.5 Å². The monoisotopic (exact) mass is 301 g/mol. The van der Waals surface area contributed by atoms with Crippen molar-refractivity contribution in [3.63, 3.8) is 0 Å². The minimum Gasteiger partial charge on any atom is -0.481 e. The Bertz CT molecular complexity index is 329. The molecule has 0 bridgehead atoms. The summed E-state index contributed by atoms with van der Waals surface area (Å²) in [6.07, 6.45) is 6.10. The Kier molecular flexibility index (Phi) is 5.75. The highest BCUT2D eigenvalue weighted by molar-refractivity contribution is 7.99. The van der Waals surface area contributed by atoms with Gasteiger partial charge in [-0.1, -0.05) is 6.92 Å². The number of thioether (sulfide) groups is 1. The third kappa shape index (κ3) is 4.37. The molecule has 0 aromatic rings. The van der Waals surface area contributed by atoms with Gasteiger partial charge in [0.1, 0.15) is 0 Å². The summed E-state index contributed by atoms with van der Waals surface area (Å²) in [5.41, 5.74) is -0.693. The molecule has 2 rings (SSSR count). The zero-order valence-corrected chi connectivity index (χ0v) is 13.1. The third-order valence-electron chi connectivity index (χ3n) is 4.77. The summed E-state index contributed by atoms with van der Waals surface area (Å²) in [4.78, 5) is 10.9. The van der Waals surface area contributed by atoms with Crippen molar-refractivity contribution < 1.29 is 15.0 Å². The van der Waals surface area contributed by atoms with E-state index in [0.29, 0.717) is 38.3 Å². The maximum Gasteiger partial charge on any atom is 0.306 e. The second kappa shape index (κ2) is 7.14. The standard InChI is InChI=1S/C15H27NO3S/c1-2-20-13-4-3-12(9-13)16-10-15(19)7-5-11(6-8-15)14(17)18/h11-13,16,19H,2-10H2,1H3,(H,17,18). The molecular weight excluding hydrogens is 274 g/mol. The van der Waals surface area contributed by atoms with Gasteiger partial charge in [-0.2, -0.15) is 11.8 Å². The number of hydrogen-bond donors (Lipinski definition) is 3. The van der Waals surface area contributed by atoms with Crippen LogP contribution in [0, 0.1) is 5.92 Å². The van der Waals surface area contributed by atoms with E-state index in [1.807, 2.05) is 11.8 Å². The van der Waals surface area contributed by atoms with Crippen LogP contribution in [0.15, 0.2) is 0 Å². The summed E-state index contributed by atoms with van der Waals surface area (Å²) >= 11 is 2.04. The van der Waals surface area contributed by atoms with Crippen LogP contribution in [0.1, 0.15) is 51.9 Å². The number of rotatable bonds is 6. The Hall–Kier alpha value is -0.260. The van der Waals surface area contributed by atoms with Gasteiger partial charge in [0.25, 0.3) is 0 Å². The first-order valence-electron chi connectivity index (χ1n) is 7.82. The van der Waals surface area contributed by atoms with E-state index in [9.17, 15) is 9.90 Å². The van der Waals surface area contributed by atoms with E-state index in [0.717, 1.165) is 5.25 Å². The van der Waals surface area contributed by atoms with Crippen LogP contribution in [0.5, 0.6) is 0 Å². The van der Waals surface area contributed by atoms with Crippen LogP contribution in [0.25, 0.3) is 0 Å². The third-order valence-corrected chi connectivity index (χ3v) is 6.01. The molecule has 20 heavy (non-hydrogen) atoms. The zero-order valence-electron chi connectivity index (χ0n) is 12.3. The van der Waals surface area contributed by atoms with E-state index in [1.165, 1.54) is 25.0 Å². The largest absolute Gasteiger partial charge is 0.481 e. The van der Waals surface area contributed by atoms with Crippen molar-refractivity contribution in [1.82, 2.24) is 5.32 Å². The summed E-state index contributed by atoms with van der Waals surface area (Å²) in [5, 5.41) is 23.8. The lowest BCUT2D eigenvalue weighted by atomic mass is 9.78. The topological polar surface area (TPSA) is 69.6 Å². The predicted molar refractivity (Wildman–Crippen MR) is 82.1 cm³/mol. The van der Waals surface area contributed by atoms with E-state index in [1.54, 1.807) is 0 Å². The summed E-state index contributed by atoms with van der Waals surface area (Å²) in [5.74, 6) is 0.208. The maximum absolute atomic E-state index is 10.9. The number of aliphatic hydroxyl groups is 1. The van der Waals surface area contributed by atoms with Crippen LogP contribution in [0.4, 0.5) is 0 Å². The molecule has 0 spiro atoms. The number of carboxylic acids is 1. The Morgan fingerprint density at radius 3 is 2.60 bits per heavy atom. The maximum atomic E-state index is 10.9. The van der Waals surface area contributed by atoms with E-state index in [-0.39, 0.29) is 5.92 Å². The number of aliphatic carboxylic acids is 1. The Morgan fingerprint density at radius 2 is 2.00 bits per heavy atom. The molecular formula is C15H27NO3S. The van der Waals surface area contributed by atoms with Gasteiger partial charge in [-0.05, 0) is 50.7 Å². The van der Waals surface area contributed by atoms with Gasteiger partial charge in [-0.25, -0.2) is 0 Å². The lowest BCUT2D eigenvalue weighted by Crippen LogP contribution is -2.46. The van der Waals surface area contributed by atoms with Gasteiger partial charge in [0, 0.05) is 17.8 Å². The molecule has 2 aliphatic rings. The predicted octanol–water partition coefficient (Wildman–Crippen LogP) is 2.26. The molecule has 2 aliphatic carbocycles. The molecule has 0 heterocycles. The quantitative estimate of drug-likeness (QED) is 0.702. The molecule has 0 saturated heterocycles. The average Bonchev–Trinajstić information content (AvgIpc) is 2.85. The van der Waals surface area contributed by atoms with Gasteiger partial charge >= 0.3 is 5.97 Å². The highest BCUT2D eigenvalue weighted by atomic mass is 32.2. The van der Waals surface area contributed by atoms with E-state index in [2.05, 4.69) is 12.2 Å². The molecule has 2 atom stereocenters. The van der Waals surface area contributed by atoms with Crippen LogP contribution in [-0.4, -0.2) is 45.4 Å². The average molecular weight is 301 g/mol. The lowest BCUT2D eigenvalue weighted by molar-refractivity contribution is -0.144. The number of carbonyl (C=O) groups is 1. The lowest BCUT2D eigenvalue weighted by Gasteiger charge is -2.35. The minimum absolute atomic E-state index is 0.257. The van der Waals surface area contributed by atoms with E-state index >= 15 is 0 Å². The first-order valence-corrected chi connectivity index (χ1v) is 8.87. The summed E-state index contributed by atoms with van der Waals surface area (Å²) in [7, 11) is 0. The van der Waals surface area contributed by atoms with Crippen molar-refractivity contribution in [2.75, 3.05) is 12.3 Å². The van der Waals surface area contributed by atoms with Crippen LogP contribution < -0.4 is 5.32 Å². The smallest absolute Gasteiger partial charge is 0.306 e. The van der Waals surface area contributed by atoms with Crippen molar-refractivity contribution in [3.8, 4) is 0 Å². The van der Waals surface area contributed by atoms with Crippen molar-refractivity contribution in [2.24, 2.45) is 5.92 Å². The van der Waals surface area contributed by atoms with Crippen LogP contribution in [0.2, 0.25) is 0 Å². The molecule has 116 valence electrons. The van der Waals surface area contributed by atoms with E-state index in [4.69, 9.17) is 5.11 Å². The number of nitrogens with one attached hydrogen (secondary N) is 1. The van der Waals surface area contributed by atoms with Crippen molar-refractivity contribution in [2.45, 2.75) is 68.8 Å². The van der Waals surface area contributed by atoms with Gasteiger partial charge in [0.2, 0.25) is 0 Å². The molecule has 3 N–H and O–H groups in total. The molecule has 0 aromatic carbocycles. The fourth-order valence-corrected chi connectivity index (χ4v) is 4.57. The zero-order chi connectivity index (χ0) is 14.6. The van der Waals surface area contributed by atoms with Crippen molar-refractivity contribution in [1.29, 1.82) is 0 Å². The van der Waals surface area contributed by atoms with Crippen LogP contribution in [0.3, 0.4) is 0 Å². The first kappa shape index (κ1) is 16.1. The summed E-state index contributed by atoms with van der Waals surface area (Å²) in [6, 6.07) is 0.528. The Morgan fingerprint density at radius 1 is 1.30 bits per heavy atom. The Balaban J connectivity index is 1.70. The normalized spacial score (nSPS) is 38.0. The van der Waals surface area contributed by atoms with Gasteiger partial charge in [0.15, 0.2) is 0 Å². The molecule has 5 heteroatoms. The molecule has 2 unspecified atom stereocenters. The van der Waals surface area contributed by atoms with Crippen LogP contribution >= 0.6 is 11.8 Å². The molecule has 2 fully saturated rings. The van der Waals surface area contributed by atoms with Crippen LogP contribution in [-0.2, 0) is 4.79 Å². The molecule has 0 radical (unpaired) electrons. The Labute approximate surface area is 125 Å². The fraction of sp³-hybridized carbons (Fsp3) is 0.933. The summed E-state index contributed by atoms with van der Waals surface area (Å²) in [6.45, 7) is 2.82. The highest BCUT2D eigenvalue weighted by Gasteiger charge is 2.36. The van der Waals surface area contributed by atoms with Crippen molar-refractivity contribution >= 4 is 17.7 Å². The molecule has 0 amide bonds. The molecule has 0 aromatic heterocycles. The van der Waals surface area contributed by atoms with Crippen molar-refractivity contribution in [3.05, 3.63) is 0 Å². The molecule has 0 aliphatic heterocycles. The fourth-order valence-electron chi connectivity index (χ4n) is 3.43. The van der Waals surface area contributed by atoms with Gasteiger partial charge in [-0.15, -0.1) is 0 Å². The summed E-state index contributed by atoms with van der Waals surface area (Å²) < 4.78 is 0. The second-order valence-corrected chi connectivity index (χ2v) is 7.88. The molecule has 2 saturated carbocycles. The molecule has 4 nitrogen and oxygen atoms in total. The first-order chi connectivity index (χ1) is 9.52. The number of carboxylic acid groups (broad SMARTS) is 1. The van der Waals surface area contributed by atoms with Gasteiger partial charge < -0.3 is 15.5 Å². The van der Waals surface area contributed by atoms with Gasteiger partial charge in [-0.3, -0.25) is 4.79 Å². The minimum atomic E-state index is -0.713. The second-order valence-electron chi connectivity index (χ2n) is 6.31. The number of hydrogen-bond acceptors (Lipinski definition) is 4. The highest BCUT2D eigenvalue weighted by Crippen LogP contribution is 2.33.